The predicted octanol–water partition coefficient (Wildman–Crippen LogP) is 1.37. The highest BCUT2D eigenvalue weighted by Gasteiger charge is 2.43. The van der Waals surface area contributed by atoms with E-state index in [2.05, 4.69) is 9.59 Å². The van der Waals surface area contributed by atoms with Crippen molar-refractivity contribution < 1.29 is 4.79 Å². The van der Waals surface area contributed by atoms with E-state index in [0.29, 0.717) is 6.04 Å². The Morgan fingerprint density at radius 2 is 2.47 bits per heavy atom. The lowest BCUT2D eigenvalue weighted by Crippen LogP contribution is -2.42. The van der Waals surface area contributed by atoms with Gasteiger partial charge in [0, 0.05) is 12.5 Å². The van der Waals surface area contributed by atoms with E-state index in [1.165, 1.54) is 16.4 Å². The largest absolute Gasteiger partial charge is 0.330 e. The number of nitrogens with zero attached hydrogens (tertiary/aromatic N) is 3. The lowest BCUT2D eigenvalue weighted by Gasteiger charge is -2.33. The van der Waals surface area contributed by atoms with Crippen molar-refractivity contribution in [2.75, 3.05) is 5.88 Å². The molecule has 4 nitrogen and oxygen atoms in total. The number of aromatic nitrogens is 2. The molecule has 0 radical (unpaired) electrons. The van der Waals surface area contributed by atoms with Crippen molar-refractivity contribution >= 4 is 29.0 Å². The first kappa shape index (κ1) is 9.54. The van der Waals surface area contributed by atoms with Gasteiger partial charge in [0.25, 0.3) is 0 Å². The standard InChI is InChI=1S/C9H10ClN3OS/c10-4-8(14)13-5-1-2-7(13)9-6(3-5)11-12-15-9/h5,7H,1-4H2/t5-,7+/m0/s1. The summed E-state index contributed by atoms with van der Waals surface area (Å²) in [6, 6.07) is 0.502. The van der Waals surface area contributed by atoms with Gasteiger partial charge in [-0.25, -0.2) is 0 Å². The molecule has 2 aliphatic rings. The first-order chi connectivity index (χ1) is 7.31. The normalized spacial score (nSPS) is 27.9. The van der Waals surface area contributed by atoms with Crippen molar-refractivity contribution in [3.8, 4) is 0 Å². The highest BCUT2D eigenvalue weighted by Crippen LogP contribution is 2.44. The molecule has 2 aliphatic heterocycles. The molecule has 0 N–H and O–H groups in total. The molecule has 3 rings (SSSR count). The number of rotatable bonds is 1. The summed E-state index contributed by atoms with van der Waals surface area (Å²) in [5.41, 5.74) is 1.09. The van der Waals surface area contributed by atoms with Crippen LogP contribution in [0.25, 0.3) is 0 Å². The third kappa shape index (κ3) is 1.29. The number of hydrogen-bond acceptors (Lipinski definition) is 4. The molecular formula is C9H10ClN3OS. The average molecular weight is 244 g/mol. The molecule has 80 valence electrons. The maximum absolute atomic E-state index is 11.7. The quantitative estimate of drug-likeness (QED) is 0.700. The zero-order chi connectivity index (χ0) is 10.4. The fraction of sp³-hybridized carbons (Fsp3) is 0.667. The Bertz CT molecular complexity index is 408. The third-order valence-corrected chi connectivity index (χ3v) is 4.32. The van der Waals surface area contributed by atoms with Crippen LogP contribution in [-0.4, -0.2) is 32.3 Å². The molecule has 0 aromatic carbocycles. The van der Waals surface area contributed by atoms with Gasteiger partial charge in [0.2, 0.25) is 5.91 Å². The summed E-state index contributed by atoms with van der Waals surface area (Å²) in [6.45, 7) is 0. The Morgan fingerprint density at radius 1 is 1.60 bits per heavy atom. The van der Waals surface area contributed by atoms with Gasteiger partial charge in [0.1, 0.15) is 5.88 Å². The van der Waals surface area contributed by atoms with E-state index in [1.54, 1.807) is 0 Å². The summed E-state index contributed by atoms with van der Waals surface area (Å²) in [5.74, 6) is 0.123. The monoisotopic (exact) mass is 243 g/mol. The van der Waals surface area contributed by atoms with Gasteiger partial charge in [-0.1, -0.05) is 4.49 Å². The van der Waals surface area contributed by atoms with Gasteiger partial charge in [-0.2, -0.15) is 0 Å². The SMILES string of the molecule is O=C(CCl)N1[C@H]2CC[C@@H]1c1snnc1C2. The van der Waals surface area contributed by atoms with E-state index >= 15 is 0 Å². The highest BCUT2D eigenvalue weighted by molar-refractivity contribution is 7.05. The fourth-order valence-corrected chi connectivity index (χ4v) is 3.57. The molecule has 0 aliphatic carbocycles. The van der Waals surface area contributed by atoms with Crippen molar-refractivity contribution in [3.05, 3.63) is 10.6 Å². The molecule has 1 aromatic heterocycles. The number of amides is 1. The van der Waals surface area contributed by atoms with Crippen molar-refractivity contribution in [3.63, 3.8) is 0 Å². The summed E-state index contributed by atoms with van der Waals surface area (Å²) in [7, 11) is 0. The molecule has 1 fully saturated rings. The van der Waals surface area contributed by atoms with Crippen LogP contribution in [0.2, 0.25) is 0 Å². The summed E-state index contributed by atoms with van der Waals surface area (Å²) in [5, 5.41) is 4.11. The van der Waals surface area contributed by atoms with Crippen molar-refractivity contribution in [2.24, 2.45) is 0 Å². The molecular weight excluding hydrogens is 234 g/mol. The van der Waals surface area contributed by atoms with Gasteiger partial charge in [-0.05, 0) is 24.4 Å². The minimum atomic E-state index is 0.0446. The number of carbonyl (C=O) groups excluding carboxylic acids is 1. The fourth-order valence-electron chi connectivity index (χ4n) is 2.62. The van der Waals surface area contributed by atoms with E-state index in [4.69, 9.17) is 11.6 Å². The van der Waals surface area contributed by atoms with Crippen molar-refractivity contribution in [1.29, 1.82) is 0 Å². The second kappa shape index (κ2) is 3.42. The maximum Gasteiger partial charge on any atom is 0.238 e. The van der Waals surface area contributed by atoms with Crippen molar-refractivity contribution in [1.82, 2.24) is 14.5 Å². The summed E-state index contributed by atoms with van der Waals surface area (Å²) >= 11 is 7.04. The molecule has 6 heteroatoms. The van der Waals surface area contributed by atoms with Crippen LogP contribution in [0.4, 0.5) is 0 Å². The molecule has 15 heavy (non-hydrogen) atoms. The molecule has 0 saturated carbocycles. The molecule has 0 unspecified atom stereocenters. The zero-order valence-electron chi connectivity index (χ0n) is 8.02. The van der Waals surface area contributed by atoms with Gasteiger partial charge in [-0.15, -0.1) is 16.7 Å². The molecule has 1 aromatic rings. The number of alkyl halides is 1. The minimum Gasteiger partial charge on any atom is -0.330 e. The first-order valence-corrected chi connectivity index (χ1v) is 6.30. The van der Waals surface area contributed by atoms with E-state index < -0.39 is 0 Å². The Kier molecular flexibility index (Phi) is 2.17. The predicted molar refractivity (Wildman–Crippen MR) is 56.9 cm³/mol. The highest BCUT2D eigenvalue weighted by atomic mass is 35.5. The number of hydrogen-bond donors (Lipinski definition) is 0. The minimum absolute atomic E-state index is 0.0446. The number of halogens is 1. The summed E-state index contributed by atoms with van der Waals surface area (Å²) in [6.07, 6.45) is 2.95. The molecule has 0 spiro atoms. The van der Waals surface area contributed by atoms with Gasteiger partial charge >= 0.3 is 0 Å². The van der Waals surface area contributed by atoms with E-state index in [9.17, 15) is 4.79 Å². The van der Waals surface area contributed by atoms with Crippen LogP contribution in [0.15, 0.2) is 0 Å². The van der Waals surface area contributed by atoms with Gasteiger partial charge in [0.05, 0.1) is 16.6 Å². The second-order valence-electron chi connectivity index (χ2n) is 3.97. The number of fused-ring (bicyclic) bond motifs is 4. The van der Waals surface area contributed by atoms with E-state index in [0.717, 1.165) is 25.0 Å². The van der Waals surface area contributed by atoms with Crippen LogP contribution in [0.1, 0.15) is 29.5 Å². The Morgan fingerprint density at radius 3 is 3.27 bits per heavy atom. The van der Waals surface area contributed by atoms with Crippen LogP contribution >= 0.6 is 23.1 Å². The van der Waals surface area contributed by atoms with E-state index in [1.807, 2.05) is 4.90 Å². The van der Waals surface area contributed by atoms with Crippen LogP contribution in [0.5, 0.6) is 0 Å². The zero-order valence-corrected chi connectivity index (χ0v) is 9.59. The van der Waals surface area contributed by atoms with Gasteiger partial charge < -0.3 is 4.90 Å². The maximum atomic E-state index is 11.7. The summed E-state index contributed by atoms with van der Waals surface area (Å²) < 4.78 is 3.96. The smallest absolute Gasteiger partial charge is 0.238 e. The molecule has 1 saturated heterocycles. The average Bonchev–Trinajstić information content (AvgIpc) is 2.83. The van der Waals surface area contributed by atoms with Crippen LogP contribution < -0.4 is 0 Å². The Hall–Kier alpha value is -0.680. The third-order valence-electron chi connectivity index (χ3n) is 3.22. The van der Waals surface area contributed by atoms with Crippen LogP contribution in [0.3, 0.4) is 0 Å². The molecule has 1 amide bonds. The summed E-state index contributed by atoms with van der Waals surface area (Å²) in [4.78, 5) is 14.8. The van der Waals surface area contributed by atoms with Crippen LogP contribution in [0, 0.1) is 0 Å². The Labute approximate surface area is 96.4 Å². The molecule has 3 heterocycles. The molecule has 2 bridgehead atoms. The van der Waals surface area contributed by atoms with E-state index in [-0.39, 0.29) is 17.8 Å². The van der Waals surface area contributed by atoms with Gasteiger partial charge in [-0.3, -0.25) is 4.79 Å². The first-order valence-electron chi connectivity index (χ1n) is 4.99. The van der Waals surface area contributed by atoms with Gasteiger partial charge in [0.15, 0.2) is 0 Å². The number of carbonyl (C=O) groups is 1. The lowest BCUT2D eigenvalue weighted by molar-refractivity contribution is -0.131. The lowest BCUT2D eigenvalue weighted by atomic mass is 10.1. The van der Waals surface area contributed by atoms with Crippen LogP contribution in [-0.2, 0) is 11.2 Å². The topological polar surface area (TPSA) is 46.1 Å². The second-order valence-corrected chi connectivity index (χ2v) is 5.02. The molecule has 2 atom stereocenters. The van der Waals surface area contributed by atoms with Crippen molar-refractivity contribution in [2.45, 2.75) is 31.3 Å². The Balaban J connectivity index is 2.00.